The summed E-state index contributed by atoms with van der Waals surface area (Å²) in [6, 6.07) is 11.3. The smallest absolute Gasteiger partial charge is 0.255 e. The fourth-order valence-corrected chi connectivity index (χ4v) is 3.45. The van der Waals surface area contributed by atoms with Crippen molar-refractivity contribution in [2.24, 2.45) is 0 Å². The summed E-state index contributed by atoms with van der Waals surface area (Å²) in [7, 11) is 0. The number of piperidine rings is 1. The van der Waals surface area contributed by atoms with E-state index in [1.54, 1.807) is 42.5 Å². The number of imide groups is 1. The minimum absolute atomic E-state index is 0.185. The third-order valence-electron chi connectivity index (χ3n) is 4.87. The summed E-state index contributed by atoms with van der Waals surface area (Å²) in [5, 5.41) is 11.6. The van der Waals surface area contributed by atoms with Gasteiger partial charge in [0.2, 0.25) is 11.8 Å². The molecule has 1 atom stereocenters. The molecule has 0 bridgehead atoms. The zero-order valence-electron chi connectivity index (χ0n) is 14.5. The van der Waals surface area contributed by atoms with E-state index in [0.29, 0.717) is 24.3 Å². The van der Waals surface area contributed by atoms with Crippen LogP contribution >= 0.6 is 0 Å². The Morgan fingerprint density at radius 1 is 1.11 bits per heavy atom. The summed E-state index contributed by atoms with van der Waals surface area (Å²) < 4.78 is 5.89. The maximum atomic E-state index is 12.8. The molecular weight excluding hydrogens is 348 g/mol. The van der Waals surface area contributed by atoms with Gasteiger partial charge in [-0.05, 0) is 36.2 Å². The lowest BCUT2D eigenvalue weighted by Crippen LogP contribution is -2.52. The summed E-state index contributed by atoms with van der Waals surface area (Å²) in [6.07, 6.45) is 0.550. The second-order valence-corrected chi connectivity index (χ2v) is 6.64. The van der Waals surface area contributed by atoms with Crippen LogP contribution in [0.2, 0.25) is 0 Å². The second kappa shape index (κ2) is 6.75. The number of carbonyl (C=O) groups is 3. The van der Waals surface area contributed by atoms with Crippen LogP contribution in [0, 0.1) is 0 Å². The van der Waals surface area contributed by atoms with Crippen molar-refractivity contribution in [1.29, 1.82) is 0 Å². The van der Waals surface area contributed by atoms with Crippen LogP contribution in [0.3, 0.4) is 0 Å². The van der Waals surface area contributed by atoms with Crippen molar-refractivity contribution in [2.45, 2.75) is 32.0 Å². The molecule has 1 fully saturated rings. The van der Waals surface area contributed by atoms with Gasteiger partial charge in [0, 0.05) is 17.5 Å². The van der Waals surface area contributed by atoms with Gasteiger partial charge in [-0.3, -0.25) is 19.7 Å². The van der Waals surface area contributed by atoms with Crippen molar-refractivity contribution in [2.75, 3.05) is 0 Å². The average Bonchev–Trinajstić information content (AvgIpc) is 2.99. The summed E-state index contributed by atoms with van der Waals surface area (Å²) in [4.78, 5) is 37.8. The van der Waals surface area contributed by atoms with Gasteiger partial charge >= 0.3 is 0 Å². The summed E-state index contributed by atoms with van der Waals surface area (Å²) >= 11 is 0. The largest absolute Gasteiger partial charge is 0.508 e. The zero-order chi connectivity index (χ0) is 19.0. The van der Waals surface area contributed by atoms with Gasteiger partial charge in [-0.25, -0.2) is 0 Å². The molecule has 0 saturated carbocycles. The van der Waals surface area contributed by atoms with Gasteiger partial charge in [0.15, 0.2) is 0 Å². The van der Waals surface area contributed by atoms with Crippen LogP contribution in [-0.2, 0) is 22.7 Å². The molecule has 2 aliphatic heterocycles. The fraction of sp³-hybridized carbons (Fsp3) is 0.250. The van der Waals surface area contributed by atoms with Gasteiger partial charge in [0.05, 0.1) is 6.54 Å². The van der Waals surface area contributed by atoms with Gasteiger partial charge < -0.3 is 14.7 Å². The van der Waals surface area contributed by atoms with E-state index in [1.807, 2.05) is 0 Å². The molecular formula is C20H18N2O5. The molecule has 0 radical (unpaired) electrons. The molecule has 2 aliphatic rings. The van der Waals surface area contributed by atoms with E-state index in [9.17, 15) is 19.5 Å². The molecule has 1 saturated heterocycles. The van der Waals surface area contributed by atoms with Crippen molar-refractivity contribution in [3.8, 4) is 11.5 Å². The fourth-order valence-electron chi connectivity index (χ4n) is 3.45. The first kappa shape index (κ1) is 17.1. The average molecular weight is 366 g/mol. The van der Waals surface area contributed by atoms with Gasteiger partial charge in [-0.15, -0.1) is 0 Å². The lowest BCUT2D eigenvalue weighted by Gasteiger charge is -2.29. The lowest BCUT2D eigenvalue weighted by atomic mass is 10.0. The number of phenolic OH excluding ortho intramolecular Hbond substituents is 1. The number of hydrogen-bond acceptors (Lipinski definition) is 5. The van der Waals surface area contributed by atoms with E-state index in [4.69, 9.17) is 4.74 Å². The summed E-state index contributed by atoms with van der Waals surface area (Å²) in [6.45, 7) is 0.565. The summed E-state index contributed by atoms with van der Waals surface area (Å²) in [5.74, 6) is -0.194. The third kappa shape index (κ3) is 3.23. The molecule has 2 aromatic rings. The standard InChI is InChI=1S/C20H18N2O5/c23-13-6-4-12(5-7-13)11-27-17-3-1-2-14-15(17)10-22(20(14)26)16-8-9-18(24)21-19(16)25/h1-7,16,23H,8-11H2,(H,21,24,25). The van der Waals surface area contributed by atoms with Crippen LogP contribution in [0.1, 0.15) is 34.3 Å². The third-order valence-corrected chi connectivity index (χ3v) is 4.87. The second-order valence-electron chi connectivity index (χ2n) is 6.64. The Labute approximate surface area is 155 Å². The van der Waals surface area contributed by atoms with Crippen LogP contribution in [0.4, 0.5) is 0 Å². The lowest BCUT2D eigenvalue weighted by molar-refractivity contribution is -0.136. The molecule has 2 N–H and O–H groups in total. The molecule has 0 aliphatic carbocycles. The van der Waals surface area contributed by atoms with E-state index < -0.39 is 11.9 Å². The molecule has 2 heterocycles. The highest BCUT2D eigenvalue weighted by Crippen LogP contribution is 2.33. The highest BCUT2D eigenvalue weighted by Gasteiger charge is 2.40. The van der Waals surface area contributed by atoms with Gasteiger partial charge in [-0.1, -0.05) is 18.2 Å². The van der Waals surface area contributed by atoms with Crippen LogP contribution in [0.15, 0.2) is 42.5 Å². The number of benzene rings is 2. The van der Waals surface area contributed by atoms with Crippen molar-refractivity contribution >= 4 is 17.7 Å². The summed E-state index contributed by atoms with van der Waals surface area (Å²) in [5.41, 5.74) is 2.14. The van der Waals surface area contributed by atoms with Crippen LogP contribution in [0.25, 0.3) is 0 Å². The Morgan fingerprint density at radius 3 is 2.63 bits per heavy atom. The predicted molar refractivity (Wildman–Crippen MR) is 94.9 cm³/mol. The van der Waals surface area contributed by atoms with E-state index >= 15 is 0 Å². The first-order valence-electron chi connectivity index (χ1n) is 8.70. The normalized spacial score (nSPS) is 19.0. The van der Waals surface area contributed by atoms with Gasteiger partial charge in [0.1, 0.15) is 24.1 Å². The topological polar surface area (TPSA) is 95.9 Å². The maximum absolute atomic E-state index is 12.8. The van der Waals surface area contributed by atoms with Gasteiger partial charge in [-0.2, -0.15) is 0 Å². The molecule has 7 nitrogen and oxygen atoms in total. The molecule has 0 spiro atoms. The van der Waals surface area contributed by atoms with Crippen molar-refractivity contribution < 1.29 is 24.2 Å². The minimum atomic E-state index is -0.646. The quantitative estimate of drug-likeness (QED) is 0.804. The number of aromatic hydroxyl groups is 1. The Balaban J connectivity index is 1.53. The molecule has 27 heavy (non-hydrogen) atoms. The number of ether oxygens (including phenoxy) is 1. The minimum Gasteiger partial charge on any atom is -0.508 e. The van der Waals surface area contributed by atoms with Crippen molar-refractivity contribution in [3.63, 3.8) is 0 Å². The number of amides is 3. The highest BCUT2D eigenvalue weighted by molar-refractivity contribution is 6.05. The molecule has 7 heteroatoms. The van der Waals surface area contributed by atoms with Crippen LogP contribution < -0.4 is 10.1 Å². The number of nitrogens with zero attached hydrogens (tertiary/aromatic N) is 1. The van der Waals surface area contributed by atoms with Crippen molar-refractivity contribution in [1.82, 2.24) is 10.2 Å². The van der Waals surface area contributed by atoms with E-state index in [-0.39, 0.29) is 30.5 Å². The molecule has 3 amide bonds. The SMILES string of the molecule is O=C1CCC(N2Cc3c(OCc4ccc(O)cc4)cccc3C2=O)C(=O)N1. The van der Waals surface area contributed by atoms with Gasteiger partial charge in [0.25, 0.3) is 5.91 Å². The number of rotatable bonds is 4. The molecule has 1 unspecified atom stereocenters. The van der Waals surface area contributed by atoms with E-state index in [0.717, 1.165) is 11.1 Å². The Kier molecular flexibility index (Phi) is 4.27. The highest BCUT2D eigenvalue weighted by atomic mass is 16.5. The first-order chi connectivity index (χ1) is 13.0. The van der Waals surface area contributed by atoms with E-state index in [2.05, 4.69) is 5.32 Å². The Morgan fingerprint density at radius 2 is 1.89 bits per heavy atom. The van der Waals surface area contributed by atoms with Crippen molar-refractivity contribution in [3.05, 3.63) is 59.2 Å². The van der Waals surface area contributed by atoms with E-state index in [1.165, 1.54) is 4.90 Å². The number of phenols is 1. The molecule has 0 aromatic heterocycles. The first-order valence-corrected chi connectivity index (χ1v) is 8.70. The Hall–Kier alpha value is -3.35. The Bertz CT molecular complexity index is 922. The maximum Gasteiger partial charge on any atom is 0.255 e. The monoisotopic (exact) mass is 366 g/mol. The number of hydrogen-bond donors (Lipinski definition) is 2. The molecule has 2 aromatic carbocycles. The molecule has 4 rings (SSSR count). The predicted octanol–water partition coefficient (Wildman–Crippen LogP) is 1.73. The van der Waals surface area contributed by atoms with Crippen LogP contribution in [-0.4, -0.2) is 33.8 Å². The number of fused-ring (bicyclic) bond motifs is 1. The number of carbonyl (C=O) groups excluding carboxylic acids is 3. The molecule has 138 valence electrons. The zero-order valence-corrected chi connectivity index (χ0v) is 14.5. The number of nitrogens with one attached hydrogen (secondary N) is 1. The van der Waals surface area contributed by atoms with Crippen LogP contribution in [0.5, 0.6) is 11.5 Å².